The molecule has 0 radical (unpaired) electrons. The first-order valence-corrected chi connectivity index (χ1v) is 9.85. The Bertz CT molecular complexity index is 859. The maximum Gasteiger partial charge on any atom is 0.185 e. The molecule has 3 aromatic rings. The van der Waals surface area contributed by atoms with Crippen LogP contribution in [0.4, 0.5) is 5.13 Å². The molecular weight excluding hydrogens is 354 g/mol. The smallest absolute Gasteiger partial charge is 0.185 e. The van der Waals surface area contributed by atoms with Crippen LogP contribution in [0.5, 0.6) is 0 Å². The van der Waals surface area contributed by atoms with Gasteiger partial charge in [-0.15, -0.1) is 21.5 Å². The van der Waals surface area contributed by atoms with E-state index >= 15 is 0 Å². The zero-order valence-electron chi connectivity index (χ0n) is 14.1. The van der Waals surface area contributed by atoms with Crippen molar-refractivity contribution in [2.45, 2.75) is 32.2 Å². The molecule has 1 saturated heterocycles. The third-order valence-electron chi connectivity index (χ3n) is 4.69. The highest BCUT2D eigenvalue weighted by molar-refractivity contribution is 7.14. The zero-order chi connectivity index (χ0) is 17.2. The highest BCUT2D eigenvalue weighted by Gasteiger charge is 2.26. The van der Waals surface area contributed by atoms with Crippen molar-refractivity contribution in [3.8, 4) is 11.3 Å². The molecule has 7 heteroatoms. The number of piperidine rings is 1. The number of hydrogen-bond donors (Lipinski definition) is 0. The monoisotopic (exact) mass is 373 g/mol. The topological polar surface area (TPSA) is 46.8 Å². The molecule has 1 atom stereocenters. The maximum atomic E-state index is 6.31. The molecule has 1 unspecified atom stereocenters. The summed E-state index contributed by atoms with van der Waals surface area (Å²) >= 11 is 7.99. The molecule has 2 aromatic heterocycles. The molecule has 0 aliphatic carbocycles. The van der Waals surface area contributed by atoms with E-state index in [4.69, 9.17) is 16.6 Å². The van der Waals surface area contributed by atoms with E-state index in [2.05, 4.69) is 32.0 Å². The van der Waals surface area contributed by atoms with Crippen molar-refractivity contribution in [1.29, 1.82) is 0 Å². The van der Waals surface area contributed by atoms with Gasteiger partial charge in [0.1, 0.15) is 12.2 Å². The lowest BCUT2D eigenvalue weighted by Gasteiger charge is -2.32. The molecule has 5 nitrogen and oxygen atoms in total. The highest BCUT2D eigenvalue weighted by Crippen LogP contribution is 2.34. The number of aryl methyl sites for hydroxylation is 1. The van der Waals surface area contributed by atoms with Crippen molar-refractivity contribution >= 4 is 28.1 Å². The van der Waals surface area contributed by atoms with E-state index < -0.39 is 0 Å². The van der Waals surface area contributed by atoms with Gasteiger partial charge in [-0.1, -0.05) is 29.8 Å². The molecule has 0 saturated carbocycles. The summed E-state index contributed by atoms with van der Waals surface area (Å²) in [7, 11) is 0. The quantitative estimate of drug-likeness (QED) is 0.677. The Labute approximate surface area is 156 Å². The largest absolute Gasteiger partial charge is 0.347 e. The lowest BCUT2D eigenvalue weighted by molar-refractivity contribution is 0.473. The predicted octanol–water partition coefficient (Wildman–Crippen LogP) is 4.46. The van der Waals surface area contributed by atoms with E-state index in [0.29, 0.717) is 5.92 Å². The van der Waals surface area contributed by atoms with Crippen LogP contribution < -0.4 is 4.90 Å². The van der Waals surface area contributed by atoms with Crippen LogP contribution in [0.1, 0.15) is 31.5 Å². The molecule has 4 rings (SSSR count). The molecule has 25 heavy (non-hydrogen) atoms. The summed E-state index contributed by atoms with van der Waals surface area (Å²) < 4.78 is 2.14. The summed E-state index contributed by atoms with van der Waals surface area (Å²) in [5.74, 6) is 1.50. The molecule has 0 amide bonds. The Morgan fingerprint density at radius 1 is 1.32 bits per heavy atom. The fraction of sp³-hybridized carbons (Fsp3) is 0.389. The van der Waals surface area contributed by atoms with Crippen molar-refractivity contribution in [2.75, 3.05) is 18.0 Å². The third-order valence-corrected chi connectivity index (χ3v) is 5.92. The van der Waals surface area contributed by atoms with Gasteiger partial charge < -0.3 is 9.47 Å². The first kappa shape index (κ1) is 16.5. The fourth-order valence-electron chi connectivity index (χ4n) is 3.39. The van der Waals surface area contributed by atoms with Crippen LogP contribution >= 0.6 is 22.9 Å². The van der Waals surface area contributed by atoms with E-state index in [1.165, 1.54) is 0 Å². The van der Waals surface area contributed by atoms with E-state index in [1.54, 1.807) is 11.3 Å². The molecule has 1 aliphatic rings. The van der Waals surface area contributed by atoms with Gasteiger partial charge in [0.05, 0.1) is 5.69 Å². The third kappa shape index (κ3) is 3.28. The second-order valence-electron chi connectivity index (χ2n) is 6.26. The van der Waals surface area contributed by atoms with Crippen LogP contribution in [0.25, 0.3) is 11.3 Å². The first-order chi connectivity index (χ1) is 12.3. The van der Waals surface area contributed by atoms with E-state index in [0.717, 1.165) is 59.7 Å². The van der Waals surface area contributed by atoms with Crippen LogP contribution in [0.15, 0.2) is 36.0 Å². The van der Waals surface area contributed by atoms with Gasteiger partial charge in [0.25, 0.3) is 0 Å². The Morgan fingerprint density at radius 2 is 2.20 bits per heavy atom. The fourth-order valence-corrected chi connectivity index (χ4v) is 4.48. The van der Waals surface area contributed by atoms with Crippen molar-refractivity contribution in [1.82, 2.24) is 19.7 Å². The lowest BCUT2D eigenvalue weighted by Crippen LogP contribution is -2.35. The number of nitrogens with zero attached hydrogens (tertiary/aromatic N) is 5. The number of hydrogen-bond acceptors (Lipinski definition) is 5. The molecule has 1 aromatic carbocycles. The summed E-state index contributed by atoms with van der Waals surface area (Å²) in [6.07, 6.45) is 4.12. The molecule has 0 bridgehead atoms. The van der Waals surface area contributed by atoms with Crippen LogP contribution in [0, 0.1) is 0 Å². The zero-order valence-corrected chi connectivity index (χ0v) is 15.7. The summed E-state index contributed by atoms with van der Waals surface area (Å²) in [4.78, 5) is 7.21. The average Bonchev–Trinajstić information content (AvgIpc) is 3.31. The number of rotatable bonds is 4. The second-order valence-corrected chi connectivity index (χ2v) is 7.50. The molecular formula is C18H20ClN5S. The Kier molecular flexibility index (Phi) is 4.72. The maximum absolute atomic E-state index is 6.31. The minimum Gasteiger partial charge on any atom is -0.347 e. The SMILES string of the molecule is CCn1cnnc1C1CCCN(c2nc(-c3ccccc3Cl)cs2)C1. The highest BCUT2D eigenvalue weighted by atomic mass is 35.5. The van der Waals surface area contributed by atoms with Crippen molar-refractivity contribution in [2.24, 2.45) is 0 Å². The number of thiazole rings is 1. The lowest BCUT2D eigenvalue weighted by atomic mass is 9.97. The van der Waals surface area contributed by atoms with Gasteiger partial charge in [0.2, 0.25) is 0 Å². The van der Waals surface area contributed by atoms with E-state index in [1.807, 2.05) is 30.6 Å². The summed E-state index contributed by atoms with van der Waals surface area (Å²) in [5.41, 5.74) is 1.94. The Morgan fingerprint density at radius 3 is 3.04 bits per heavy atom. The van der Waals surface area contributed by atoms with Crippen molar-refractivity contribution < 1.29 is 0 Å². The van der Waals surface area contributed by atoms with Gasteiger partial charge in [0.15, 0.2) is 5.13 Å². The Balaban J connectivity index is 1.55. The molecule has 0 N–H and O–H groups in total. The van der Waals surface area contributed by atoms with E-state index in [-0.39, 0.29) is 0 Å². The van der Waals surface area contributed by atoms with Crippen LogP contribution in [0.3, 0.4) is 0 Å². The number of halogens is 1. The number of benzene rings is 1. The number of anilines is 1. The number of aromatic nitrogens is 4. The Hall–Kier alpha value is -1.92. The molecule has 1 fully saturated rings. The second kappa shape index (κ2) is 7.14. The van der Waals surface area contributed by atoms with Gasteiger partial charge >= 0.3 is 0 Å². The standard InChI is InChI=1S/C18H20ClN5S/c1-2-23-12-20-22-17(23)13-6-5-9-24(10-13)18-21-16(11-25-18)14-7-3-4-8-15(14)19/h3-4,7-8,11-13H,2,5-6,9-10H2,1H3. The van der Waals surface area contributed by atoms with Crippen LogP contribution in [-0.2, 0) is 6.54 Å². The van der Waals surface area contributed by atoms with Gasteiger partial charge in [-0.05, 0) is 25.8 Å². The van der Waals surface area contributed by atoms with Gasteiger partial charge in [-0.2, -0.15) is 0 Å². The van der Waals surface area contributed by atoms with Gasteiger partial charge in [0, 0.05) is 41.5 Å². The summed E-state index contributed by atoms with van der Waals surface area (Å²) in [6, 6.07) is 7.86. The minimum absolute atomic E-state index is 0.406. The van der Waals surface area contributed by atoms with Gasteiger partial charge in [-0.25, -0.2) is 4.98 Å². The predicted molar refractivity (Wildman–Crippen MR) is 102 cm³/mol. The summed E-state index contributed by atoms with van der Waals surface area (Å²) in [5, 5.41) is 12.3. The van der Waals surface area contributed by atoms with Crippen molar-refractivity contribution in [3.63, 3.8) is 0 Å². The molecule has 1 aliphatic heterocycles. The first-order valence-electron chi connectivity index (χ1n) is 8.59. The summed E-state index contributed by atoms with van der Waals surface area (Å²) in [6.45, 7) is 5.01. The minimum atomic E-state index is 0.406. The molecule has 130 valence electrons. The molecule has 3 heterocycles. The van der Waals surface area contributed by atoms with Gasteiger partial charge in [-0.3, -0.25) is 0 Å². The average molecular weight is 374 g/mol. The van der Waals surface area contributed by atoms with Crippen LogP contribution in [0.2, 0.25) is 5.02 Å². The normalized spacial score (nSPS) is 17.8. The molecule has 0 spiro atoms. The van der Waals surface area contributed by atoms with E-state index in [9.17, 15) is 0 Å². The van der Waals surface area contributed by atoms with Crippen LogP contribution in [-0.4, -0.2) is 32.8 Å². The van der Waals surface area contributed by atoms with Crippen molar-refractivity contribution in [3.05, 3.63) is 46.8 Å².